The Hall–Kier alpha value is -3.80. The van der Waals surface area contributed by atoms with Gasteiger partial charge in [0.05, 0.1) is 23.1 Å². The Bertz CT molecular complexity index is 1170. The zero-order valence-electron chi connectivity index (χ0n) is 14.8. The molecular weight excluding hydrogens is 357 g/mol. The van der Waals surface area contributed by atoms with Gasteiger partial charge in [-0.2, -0.15) is 0 Å². The second-order valence-corrected chi connectivity index (χ2v) is 6.27. The average molecular weight is 373 g/mol. The molecular formula is C22H16FN3O2. The van der Waals surface area contributed by atoms with Crippen LogP contribution < -0.4 is 5.32 Å². The van der Waals surface area contributed by atoms with E-state index in [-0.39, 0.29) is 24.1 Å². The standard InChI is InChI=1S/C22H16FN3O2/c23-15-10-11-18-19(12-15)26-20(25-18)13-24-22(28)17-9-5-4-8-16(17)21(27)14-6-2-1-3-7-14/h1-12H,13H2,(H,24,28)(H,25,26). The summed E-state index contributed by atoms with van der Waals surface area (Å²) in [5.41, 5.74) is 2.31. The summed E-state index contributed by atoms with van der Waals surface area (Å²) in [4.78, 5) is 32.7. The van der Waals surface area contributed by atoms with Gasteiger partial charge in [-0.25, -0.2) is 9.37 Å². The maximum atomic E-state index is 13.3. The van der Waals surface area contributed by atoms with Crippen molar-refractivity contribution in [2.24, 2.45) is 0 Å². The monoisotopic (exact) mass is 373 g/mol. The number of hydrogen-bond acceptors (Lipinski definition) is 3. The third kappa shape index (κ3) is 3.53. The second kappa shape index (κ2) is 7.44. The molecule has 2 N–H and O–H groups in total. The Morgan fingerprint density at radius 1 is 0.929 bits per heavy atom. The van der Waals surface area contributed by atoms with Gasteiger partial charge in [0.25, 0.3) is 5.91 Å². The molecule has 0 aliphatic rings. The molecule has 1 amide bonds. The minimum Gasteiger partial charge on any atom is -0.345 e. The number of hydrogen-bond donors (Lipinski definition) is 2. The first-order valence-corrected chi connectivity index (χ1v) is 8.73. The van der Waals surface area contributed by atoms with E-state index in [2.05, 4.69) is 15.3 Å². The molecule has 3 aromatic carbocycles. The summed E-state index contributed by atoms with van der Waals surface area (Å²) in [5, 5.41) is 2.76. The summed E-state index contributed by atoms with van der Waals surface area (Å²) in [6.07, 6.45) is 0. The van der Waals surface area contributed by atoms with Crippen molar-refractivity contribution in [3.05, 3.63) is 101 Å². The van der Waals surface area contributed by atoms with E-state index in [0.717, 1.165) is 0 Å². The highest BCUT2D eigenvalue weighted by Crippen LogP contribution is 2.16. The first kappa shape index (κ1) is 17.6. The molecule has 6 heteroatoms. The fourth-order valence-corrected chi connectivity index (χ4v) is 3.00. The summed E-state index contributed by atoms with van der Waals surface area (Å²) in [6, 6.07) is 19.7. The number of carbonyl (C=O) groups is 2. The smallest absolute Gasteiger partial charge is 0.252 e. The van der Waals surface area contributed by atoms with Gasteiger partial charge in [0.1, 0.15) is 11.6 Å². The first-order valence-electron chi connectivity index (χ1n) is 8.73. The summed E-state index contributed by atoms with van der Waals surface area (Å²) in [7, 11) is 0. The Morgan fingerprint density at radius 2 is 1.64 bits per heavy atom. The molecule has 0 aliphatic heterocycles. The number of benzene rings is 3. The highest BCUT2D eigenvalue weighted by atomic mass is 19.1. The van der Waals surface area contributed by atoms with Gasteiger partial charge in [0.15, 0.2) is 5.78 Å². The van der Waals surface area contributed by atoms with E-state index >= 15 is 0 Å². The number of imidazole rings is 1. The van der Waals surface area contributed by atoms with Crippen molar-refractivity contribution in [2.45, 2.75) is 6.54 Å². The molecule has 0 atom stereocenters. The molecule has 1 heterocycles. The van der Waals surface area contributed by atoms with Crippen LogP contribution in [0.5, 0.6) is 0 Å². The van der Waals surface area contributed by atoms with Crippen molar-refractivity contribution in [1.82, 2.24) is 15.3 Å². The minimum atomic E-state index is -0.383. The third-order valence-corrected chi connectivity index (χ3v) is 4.36. The molecule has 0 bridgehead atoms. The van der Waals surface area contributed by atoms with Crippen molar-refractivity contribution >= 4 is 22.7 Å². The molecule has 28 heavy (non-hydrogen) atoms. The van der Waals surface area contributed by atoms with E-state index < -0.39 is 0 Å². The molecule has 0 aliphatic carbocycles. The zero-order valence-corrected chi connectivity index (χ0v) is 14.8. The van der Waals surface area contributed by atoms with E-state index in [9.17, 15) is 14.0 Å². The highest BCUT2D eigenvalue weighted by Gasteiger charge is 2.18. The number of fused-ring (bicyclic) bond motifs is 1. The SMILES string of the molecule is O=C(NCc1nc2ccc(F)cc2[nH]1)c1ccccc1C(=O)c1ccccc1. The fraction of sp³-hybridized carbons (Fsp3) is 0.0455. The number of aromatic nitrogens is 2. The second-order valence-electron chi connectivity index (χ2n) is 6.27. The number of amides is 1. The van der Waals surface area contributed by atoms with Crippen LogP contribution in [0.4, 0.5) is 4.39 Å². The lowest BCUT2D eigenvalue weighted by Crippen LogP contribution is -2.25. The normalized spacial score (nSPS) is 10.8. The van der Waals surface area contributed by atoms with Gasteiger partial charge in [-0.05, 0) is 24.3 Å². The Morgan fingerprint density at radius 3 is 2.43 bits per heavy atom. The maximum Gasteiger partial charge on any atom is 0.252 e. The third-order valence-electron chi connectivity index (χ3n) is 4.36. The van der Waals surface area contributed by atoms with Crippen LogP contribution in [0.25, 0.3) is 11.0 Å². The van der Waals surface area contributed by atoms with Gasteiger partial charge >= 0.3 is 0 Å². The van der Waals surface area contributed by atoms with E-state index in [0.29, 0.717) is 33.5 Å². The highest BCUT2D eigenvalue weighted by molar-refractivity contribution is 6.15. The molecule has 4 aromatic rings. The number of aromatic amines is 1. The molecule has 0 unspecified atom stereocenters. The Kier molecular flexibility index (Phi) is 4.68. The first-order chi connectivity index (χ1) is 13.6. The molecule has 0 saturated carbocycles. The summed E-state index contributed by atoms with van der Waals surface area (Å²) >= 11 is 0. The van der Waals surface area contributed by atoms with E-state index in [1.807, 2.05) is 6.07 Å². The number of ketones is 1. The number of carbonyl (C=O) groups excluding carboxylic acids is 2. The van der Waals surface area contributed by atoms with Crippen LogP contribution in [0.2, 0.25) is 0 Å². The van der Waals surface area contributed by atoms with Gasteiger partial charge in [-0.1, -0.05) is 48.5 Å². The number of H-pyrrole nitrogens is 1. The van der Waals surface area contributed by atoms with Crippen LogP contribution in [0, 0.1) is 5.82 Å². The van der Waals surface area contributed by atoms with Crippen LogP contribution in [-0.4, -0.2) is 21.7 Å². The van der Waals surface area contributed by atoms with Crippen LogP contribution in [0.3, 0.4) is 0 Å². The van der Waals surface area contributed by atoms with Gasteiger partial charge in [-0.3, -0.25) is 9.59 Å². The van der Waals surface area contributed by atoms with Crippen molar-refractivity contribution in [2.75, 3.05) is 0 Å². The van der Waals surface area contributed by atoms with Crippen LogP contribution >= 0.6 is 0 Å². The summed E-state index contributed by atoms with van der Waals surface area (Å²) in [6.45, 7) is 0.128. The molecule has 0 radical (unpaired) electrons. The lowest BCUT2D eigenvalue weighted by Gasteiger charge is -2.09. The van der Waals surface area contributed by atoms with Crippen LogP contribution in [-0.2, 0) is 6.54 Å². The predicted octanol–water partition coefficient (Wildman–Crippen LogP) is 3.86. The van der Waals surface area contributed by atoms with E-state index in [1.54, 1.807) is 54.6 Å². The lowest BCUT2D eigenvalue weighted by molar-refractivity contribution is 0.0939. The minimum absolute atomic E-state index is 0.128. The summed E-state index contributed by atoms with van der Waals surface area (Å²) in [5.74, 6) is -0.460. The molecule has 0 fully saturated rings. The van der Waals surface area contributed by atoms with Gasteiger partial charge < -0.3 is 10.3 Å². The molecule has 5 nitrogen and oxygen atoms in total. The van der Waals surface area contributed by atoms with E-state index in [4.69, 9.17) is 0 Å². The van der Waals surface area contributed by atoms with Crippen LogP contribution in [0.1, 0.15) is 32.1 Å². The molecule has 0 spiro atoms. The Labute approximate surface area is 160 Å². The lowest BCUT2D eigenvalue weighted by atomic mass is 9.98. The van der Waals surface area contributed by atoms with Crippen molar-refractivity contribution in [3.8, 4) is 0 Å². The maximum absolute atomic E-state index is 13.3. The number of rotatable bonds is 5. The van der Waals surface area contributed by atoms with Gasteiger partial charge in [0, 0.05) is 11.1 Å². The number of nitrogens with zero attached hydrogens (tertiary/aromatic N) is 1. The molecule has 0 saturated heterocycles. The van der Waals surface area contributed by atoms with Gasteiger partial charge in [-0.15, -0.1) is 0 Å². The van der Waals surface area contributed by atoms with Crippen molar-refractivity contribution in [3.63, 3.8) is 0 Å². The quantitative estimate of drug-likeness (QED) is 0.522. The van der Waals surface area contributed by atoms with Crippen LogP contribution in [0.15, 0.2) is 72.8 Å². The van der Waals surface area contributed by atoms with Crippen molar-refractivity contribution in [1.29, 1.82) is 0 Å². The molecule has 4 rings (SSSR count). The number of nitrogens with one attached hydrogen (secondary N) is 2. The van der Waals surface area contributed by atoms with E-state index in [1.165, 1.54) is 12.1 Å². The summed E-state index contributed by atoms with van der Waals surface area (Å²) < 4.78 is 13.3. The predicted molar refractivity (Wildman–Crippen MR) is 104 cm³/mol. The number of halogens is 1. The average Bonchev–Trinajstić information content (AvgIpc) is 3.14. The largest absolute Gasteiger partial charge is 0.345 e. The zero-order chi connectivity index (χ0) is 19.5. The van der Waals surface area contributed by atoms with Crippen molar-refractivity contribution < 1.29 is 14.0 Å². The Balaban J connectivity index is 1.54. The molecule has 138 valence electrons. The topological polar surface area (TPSA) is 74.8 Å². The fourth-order valence-electron chi connectivity index (χ4n) is 3.00. The van der Waals surface area contributed by atoms with Gasteiger partial charge in [0.2, 0.25) is 0 Å². The molecule has 1 aromatic heterocycles.